The molecule has 0 aliphatic heterocycles. The third kappa shape index (κ3) is 4.68. The quantitative estimate of drug-likeness (QED) is 0.693. The van der Waals surface area contributed by atoms with Gasteiger partial charge in [0.2, 0.25) is 0 Å². The van der Waals surface area contributed by atoms with Gasteiger partial charge in [0.15, 0.2) is 0 Å². The van der Waals surface area contributed by atoms with Crippen LogP contribution in [-0.2, 0) is 10.0 Å². The van der Waals surface area contributed by atoms with Gasteiger partial charge in [0.1, 0.15) is 11.6 Å². The topological polar surface area (TPSA) is 75.3 Å². The highest BCUT2D eigenvalue weighted by Crippen LogP contribution is 2.18. The summed E-state index contributed by atoms with van der Waals surface area (Å²) < 4.78 is 52.7. The van der Waals surface area contributed by atoms with Gasteiger partial charge in [-0.2, -0.15) is 0 Å². The van der Waals surface area contributed by atoms with Crippen LogP contribution in [0.1, 0.15) is 10.4 Å². The first-order valence-corrected chi connectivity index (χ1v) is 9.27. The maximum absolute atomic E-state index is 12.9. The fourth-order valence-electron chi connectivity index (χ4n) is 2.25. The number of carbonyl (C=O) groups is 1. The van der Waals surface area contributed by atoms with Gasteiger partial charge in [0.05, 0.1) is 4.90 Å². The van der Waals surface area contributed by atoms with E-state index in [1.54, 1.807) is 0 Å². The summed E-state index contributed by atoms with van der Waals surface area (Å²) in [6.45, 7) is 0. The number of rotatable bonds is 5. The number of benzene rings is 3. The Morgan fingerprint density at radius 1 is 0.704 bits per heavy atom. The van der Waals surface area contributed by atoms with Crippen LogP contribution in [0.4, 0.5) is 20.2 Å². The molecule has 0 spiro atoms. The third-order valence-corrected chi connectivity index (χ3v) is 5.02. The minimum Gasteiger partial charge on any atom is -0.322 e. The lowest BCUT2D eigenvalue weighted by molar-refractivity contribution is 0.102. The normalized spacial score (nSPS) is 11.0. The molecule has 0 atom stereocenters. The molecule has 0 aromatic heterocycles. The molecule has 0 saturated heterocycles. The highest BCUT2D eigenvalue weighted by molar-refractivity contribution is 7.92. The van der Waals surface area contributed by atoms with E-state index in [2.05, 4.69) is 10.0 Å². The Kier molecular flexibility index (Phi) is 5.18. The number of anilines is 2. The summed E-state index contributed by atoms with van der Waals surface area (Å²) >= 11 is 0. The van der Waals surface area contributed by atoms with Gasteiger partial charge in [-0.05, 0) is 72.8 Å². The molecule has 0 fully saturated rings. The summed E-state index contributed by atoms with van der Waals surface area (Å²) in [6.07, 6.45) is 0. The van der Waals surface area contributed by atoms with Crippen molar-refractivity contribution in [1.82, 2.24) is 0 Å². The van der Waals surface area contributed by atoms with Crippen LogP contribution < -0.4 is 10.0 Å². The molecule has 0 aliphatic carbocycles. The van der Waals surface area contributed by atoms with Crippen molar-refractivity contribution in [2.24, 2.45) is 0 Å². The second-order valence-corrected chi connectivity index (χ2v) is 7.28. The van der Waals surface area contributed by atoms with Crippen molar-refractivity contribution in [3.05, 3.63) is 90.0 Å². The minimum absolute atomic E-state index is 0.0815. The maximum atomic E-state index is 12.9. The molecular weight excluding hydrogens is 374 g/mol. The van der Waals surface area contributed by atoms with E-state index in [-0.39, 0.29) is 10.6 Å². The number of hydrogen-bond acceptors (Lipinski definition) is 3. The van der Waals surface area contributed by atoms with Crippen LogP contribution >= 0.6 is 0 Å². The highest BCUT2D eigenvalue weighted by Gasteiger charge is 2.14. The van der Waals surface area contributed by atoms with Crippen LogP contribution in [0.3, 0.4) is 0 Å². The Labute approximate surface area is 154 Å². The molecule has 0 heterocycles. The van der Waals surface area contributed by atoms with Gasteiger partial charge in [-0.1, -0.05) is 0 Å². The van der Waals surface area contributed by atoms with E-state index in [9.17, 15) is 22.0 Å². The molecule has 2 N–H and O–H groups in total. The lowest BCUT2D eigenvalue weighted by atomic mass is 10.2. The second kappa shape index (κ2) is 7.55. The van der Waals surface area contributed by atoms with Crippen molar-refractivity contribution in [3.8, 4) is 0 Å². The van der Waals surface area contributed by atoms with Gasteiger partial charge >= 0.3 is 0 Å². The Balaban J connectivity index is 1.70. The zero-order valence-electron chi connectivity index (χ0n) is 13.8. The van der Waals surface area contributed by atoms with Crippen molar-refractivity contribution >= 4 is 27.3 Å². The van der Waals surface area contributed by atoms with E-state index >= 15 is 0 Å². The molecule has 0 unspecified atom stereocenters. The molecule has 0 bridgehead atoms. The average molecular weight is 388 g/mol. The Hall–Kier alpha value is -3.26. The summed E-state index contributed by atoms with van der Waals surface area (Å²) in [6, 6.07) is 15.5. The molecule has 5 nitrogen and oxygen atoms in total. The van der Waals surface area contributed by atoms with Gasteiger partial charge in [-0.3, -0.25) is 9.52 Å². The number of sulfonamides is 1. The SMILES string of the molecule is O=C(Nc1ccc(F)cc1)c1ccc(NS(=O)(=O)c2ccc(F)cc2)cc1. The highest BCUT2D eigenvalue weighted by atomic mass is 32.2. The average Bonchev–Trinajstić information content (AvgIpc) is 2.64. The van der Waals surface area contributed by atoms with Crippen molar-refractivity contribution in [1.29, 1.82) is 0 Å². The first kappa shape index (κ1) is 18.5. The van der Waals surface area contributed by atoms with E-state index in [4.69, 9.17) is 0 Å². The molecule has 1 amide bonds. The monoisotopic (exact) mass is 388 g/mol. The van der Waals surface area contributed by atoms with Gasteiger partial charge in [-0.15, -0.1) is 0 Å². The smallest absolute Gasteiger partial charge is 0.261 e. The van der Waals surface area contributed by atoms with Crippen LogP contribution in [0.2, 0.25) is 0 Å². The summed E-state index contributed by atoms with van der Waals surface area (Å²) in [5.74, 6) is -1.37. The van der Waals surface area contributed by atoms with E-state index in [0.29, 0.717) is 11.3 Å². The molecule has 3 rings (SSSR count). The number of carbonyl (C=O) groups excluding carboxylic acids is 1. The number of halogens is 2. The van der Waals surface area contributed by atoms with Gasteiger partial charge < -0.3 is 5.32 Å². The fourth-order valence-corrected chi connectivity index (χ4v) is 3.31. The molecule has 3 aromatic carbocycles. The first-order chi connectivity index (χ1) is 12.8. The number of amides is 1. The van der Waals surface area contributed by atoms with Crippen molar-refractivity contribution in [2.75, 3.05) is 10.0 Å². The Morgan fingerprint density at radius 3 is 1.74 bits per heavy atom. The summed E-state index contributed by atoms with van der Waals surface area (Å²) in [5.41, 5.74) is 0.976. The first-order valence-electron chi connectivity index (χ1n) is 7.79. The molecule has 138 valence electrons. The zero-order valence-corrected chi connectivity index (χ0v) is 14.6. The molecule has 0 radical (unpaired) electrons. The van der Waals surface area contributed by atoms with Crippen LogP contribution in [0.15, 0.2) is 77.7 Å². The van der Waals surface area contributed by atoms with E-state index in [1.165, 1.54) is 48.5 Å². The van der Waals surface area contributed by atoms with E-state index in [0.717, 1.165) is 24.3 Å². The minimum atomic E-state index is -3.87. The zero-order chi connectivity index (χ0) is 19.4. The van der Waals surface area contributed by atoms with Crippen molar-refractivity contribution in [2.45, 2.75) is 4.90 Å². The third-order valence-electron chi connectivity index (χ3n) is 3.63. The molecule has 0 aliphatic rings. The van der Waals surface area contributed by atoms with E-state index in [1.807, 2.05) is 0 Å². The van der Waals surface area contributed by atoms with Crippen LogP contribution in [0.5, 0.6) is 0 Å². The number of hydrogen-bond donors (Lipinski definition) is 2. The van der Waals surface area contributed by atoms with Crippen LogP contribution in [-0.4, -0.2) is 14.3 Å². The standard InChI is InChI=1S/C19H14F2N2O3S/c20-14-3-9-16(10-4-14)22-19(24)13-1-7-17(8-2-13)23-27(25,26)18-11-5-15(21)6-12-18/h1-12,23H,(H,22,24). The lowest BCUT2D eigenvalue weighted by Gasteiger charge is -2.09. The fraction of sp³-hybridized carbons (Fsp3) is 0. The molecule has 27 heavy (non-hydrogen) atoms. The predicted octanol–water partition coefficient (Wildman–Crippen LogP) is 4.02. The lowest BCUT2D eigenvalue weighted by Crippen LogP contribution is -2.14. The largest absolute Gasteiger partial charge is 0.322 e. The Morgan fingerprint density at radius 2 is 1.19 bits per heavy atom. The predicted molar refractivity (Wildman–Crippen MR) is 98.0 cm³/mol. The van der Waals surface area contributed by atoms with Gasteiger partial charge in [-0.25, -0.2) is 17.2 Å². The summed E-state index contributed by atoms with van der Waals surface area (Å²) in [4.78, 5) is 12.1. The van der Waals surface area contributed by atoms with Crippen LogP contribution in [0, 0.1) is 11.6 Å². The van der Waals surface area contributed by atoms with Crippen molar-refractivity contribution < 1.29 is 22.0 Å². The molecular formula is C19H14F2N2O3S. The number of nitrogens with one attached hydrogen (secondary N) is 2. The molecule has 3 aromatic rings. The van der Waals surface area contributed by atoms with Crippen LogP contribution in [0.25, 0.3) is 0 Å². The summed E-state index contributed by atoms with van der Waals surface area (Å²) in [5, 5.41) is 2.60. The van der Waals surface area contributed by atoms with Gasteiger partial charge in [0.25, 0.3) is 15.9 Å². The molecule has 8 heteroatoms. The maximum Gasteiger partial charge on any atom is 0.261 e. The Bertz CT molecular complexity index is 1050. The summed E-state index contributed by atoms with van der Waals surface area (Å²) in [7, 11) is -3.87. The van der Waals surface area contributed by atoms with Crippen molar-refractivity contribution in [3.63, 3.8) is 0 Å². The molecule has 0 saturated carbocycles. The van der Waals surface area contributed by atoms with Gasteiger partial charge in [0, 0.05) is 16.9 Å². The second-order valence-electron chi connectivity index (χ2n) is 5.60. The van der Waals surface area contributed by atoms with E-state index < -0.39 is 27.6 Å².